The highest BCUT2D eigenvalue weighted by Crippen LogP contribution is 2.16. The molecule has 1 aromatic rings. The van der Waals surface area contributed by atoms with Crippen LogP contribution in [-0.2, 0) is 14.4 Å². The minimum Gasteiger partial charge on any atom is -0.481 e. The van der Waals surface area contributed by atoms with Gasteiger partial charge >= 0.3 is 5.97 Å². The van der Waals surface area contributed by atoms with E-state index < -0.39 is 12.0 Å². The predicted molar refractivity (Wildman–Crippen MR) is 151 cm³/mol. The maximum Gasteiger partial charge on any atom is 0.303 e. The molecular formula is C31H52N2O4. The Bertz CT molecular complexity index is 723. The van der Waals surface area contributed by atoms with Gasteiger partial charge in [-0.25, -0.2) is 0 Å². The fourth-order valence-electron chi connectivity index (χ4n) is 4.57. The first kappa shape index (κ1) is 32.7. The Balaban J connectivity index is 2.11. The molecule has 3 N–H and O–H groups in total. The third kappa shape index (κ3) is 18.5. The standard InChI is InChI=1S/C31H52N2O4/c1-2-3-4-5-6-7-8-9-10-11-12-13-14-15-16-20-24-28(34)33-30(27-22-18-17-19-23-27)31(37)32-26-21-25-29(35)36/h17-19,22-23,30H,2-16,20-21,24-26H2,1H3,(H,32,37)(H,33,34)(H,35,36)/t30-/m0/s1. The molecule has 0 unspecified atom stereocenters. The molecule has 0 radical (unpaired) electrons. The molecular weight excluding hydrogens is 464 g/mol. The molecule has 0 aromatic heterocycles. The summed E-state index contributed by atoms with van der Waals surface area (Å²) in [5.41, 5.74) is 0.721. The Hall–Kier alpha value is -2.37. The summed E-state index contributed by atoms with van der Waals surface area (Å²) in [5.74, 6) is -1.32. The lowest BCUT2D eigenvalue weighted by Gasteiger charge is -2.19. The molecule has 1 rings (SSSR count). The maximum absolute atomic E-state index is 12.7. The van der Waals surface area contributed by atoms with E-state index in [1.165, 1.54) is 83.5 Å². The lowest BCUT2D eigenvalue weighted by atomic mass is 10.0. The second-order valence-corrected chi connectivity index (χ2v) is 10.3. The Labute approximate surface area is 225 Å². The molecule has 0 spiro atoms. The van der Waals surface area contributed by atoms with Crippen LogP contribution in [0.15, 0.2) is 30.3 Å². The van der Waals surface area contributed by atoms with Crippen molar-refractivity contribution in [2.24, 2.45) is 0 Å². The van der Waals surface area contributed by atoms with E-state index in [1.807, 2.05) is 30.3 Å². The first-order chi connectivity index (χ1) is 18.0. The van der Waals surface area contributed by atoms with Crippen LogP contribution in [0.5, 0.6) is 0 Å². The van der Waals surface area contributed by atoms with Crippen LogP contribution in [0.1, 0.15) is 141 Å². The zero-order chi connectivity index (χ0) is 27.0. The van der Waals surface area contributed by atoms with Crippen LogP contribution in [0, 0.1) is 0 Å². The number of hydrogen-bond acceptors (Lipinski definition) is 3. The number of unbranched alkanes of at least 4 members (excludes halogenated alkanes) is 15. The maximum atomic E-state index is 12.7. The van der Waals surface area contributed by atoms with E-state index in [2.05, 4.69) is 17.6 Å². The van der Waals surface area contributed by atoms with Crippen molar-refractivity contribution in [3.63, 3.8) is 0 Å². The minimum absolute atomic E-state index is 0.00188. The van der Waals surface area contributed by atoms with Crippen LogP contribution < -0.4 is 10.6 Å². The van der Waals surface area contributed by atoms with Gasteiger partial charge in [-0.2, -0.15) is 0 Å². The van der Waals surface area contributed by atoms with E-state index in [0.29, 0.717) is 12.8 Å². The third-order valence-corrected chi connectivity index (χ3v) is 6.82. The van der Waals surface area contributed by atoms with E-state index in [-0.39, 0.29) is 24.8 Å². The summed E-state index contributed by atoms with van der Waals surface area (Å²) in [6, 6.07) is 8.40. The molecule has 0 saturated heterocycles. The van der Waals surface area contributed by atoms with Crippen molar-refractivity contribution in [3.05, 3.63) is 35.9 Å². The van der Waals surface area contributed by atoms with Gasteiger partial charge in [-0.05, 0) is 18.4 Å². The number of carbonyl (C=O) groups is 3. The molecule has 0 aliphatic rings. The number of aliphatic carboxylic acids is 1. The smallest absolute Gasteiger partial charge is 0.303 e. The molecule has 2 amide bonds. The number of benzene rings is 1. The van der Waals surface area contributed by atoms with Gasteiger partial charge in [0.05, 0.1) is 0 Å². The number of carboxylic acids is 1. The molecule has 1 atom stereocenters. The Morgan fingerprint density at radius 1 is 0.676 bits per heavy atom. The van der Waals surface area contributed by atoms with E-state index in [9.17, 15) is 14.4 Å². The van der Waals surface area contributed by atoms with E-state index in [1.54, 1.807) is 0 Å². The average Bonchev–Trinajstić information content (AvgIpc) is 2.89. The number of carbonyl (C=O) groups excluding carboxylic acids is 2. The van der Waals surface area contributed by atoms with Crippen LogP contribution in [-0.4, -0.2) is 29.4 Å². The highest BCUT2D eigenvalue weighted by atomic mass is 16.4. The van der Waals surface area contributed by atoms with Gasteiger partial charge in [-0.1, -0.05) is 134 Å². The molecule has 0 aliphatic heterocycles. The van der Waals surface area contributed by atoms with Gasteiger partial charge in [-0.3, -0.25) is 14.4 Å². The quantitative estimate of drug-likeness (QED) is 0.124. The molecule has 0 fully saturated rings. The monoisotopic (exact) mass is 516 g/mol. The van der Waals surface area contributed by atoms with Gasteiger partial charge in [0.1, 0.15) is 6.04 Å². The summed E-state index contributed by atoms with van der Waals surface area (Å²) < 4.78 is 0. The number of nitrogens with one attached hydrogen (secondary N) is 2. The van der Waals surface area contributed by atoms with E-state index >= 15 is 0 Å². The lowest BCUT2D eigenvalue weighted by molar-refractivity contribution is -0.137. The Morgan fingerprint density at radius 3 is 1.65 bits per heavy atom. The summed E-state index contributed by atoms with van der Waals surface area (Å²) in [6.45, 7) is 2.53. The Kier molecular flexibility index (Phi) is 20.1. The first-order valence-corrected chi connectivity index (χ1v) is 14.9. The van der Waals surface area contributed by atoms with Gasteiger partial charge in [0.15, 0.2) is 0 Å². The number of rotatable bonds is 24. The zero-order valence-electron chi connectivity index (χ0n) is 23.3. The van der Waals surface area contributed by atoms with Gasteiger partial charge in [0.2, 0.25) is 11.8 Å². The zero-order valence-corrected chi connectivity index (χ0v) is 23.3. The molecule has 6 nitrogen and oxygen atoms in total. The van der Waals surface area contributed by atoms with Crippen molar-refractivity contribution in [1.82, 2.24) is 10.6 Å². The highest BCUT2D eigenvalue weighted by molar-refractivity contribution is 5.88. The van der Waals surface area contributed by atoms with Crippen LogP contribution >= 0.6 is 0 Å². The minimum atomic E-state index is -0.888. The van der Waals surface area contributed by atoms with Crippen molar-refractivity contribution >= 4 is 17.8 Å². The molecule has 37 heavy (non-hydrogen) atoms. The number of amides is 2. The summed E-state index contributed by atoms with van der Waals surface area (Å²) >= 11 is 0. The van der Waals surface area contributed by atoms with Crippen LogP contribution in [0.2, 0.25) is 0 Å². The average molecular weight is 517 g/mol. The van der Waals surface area contributed by atoms with E-state index in [4.69, 9.17) is 5.11 Å². The van der Waals surface area contributed by atoms with Gasteiger partial charge in [0, 0.05) is 19.4 Å². The van der Waals surface area contributed by atoms with Crippen molar-refractivity contribution < 1.29 is 19.5 Å². The van der Waals surface area contributed by atoms with Crippen molar-refractivity contribution in [2.75, 3.05) is 6.54 Å². The predicted octanol–water partition coefficient (Wildman–Crippen LogP) is 7.48. The summed E-state index contributed by atoms with van der Waals surface area (Å²) in [5, 5.41) is 14.4. The van der Waals surface area contributed by atoms with Gasteiger partial charge < -0.3 is 15.7 Å². The lowest BCUT2D eigenvalue weighted by Crippen LogP contribution is -2.40. The molecule has 0 aliphatic carbocycles. The number of carboxylic acid groups (broad SMARTS) is 1. The summed E-state index contributed by atoms with van der Waals surface area (Å²) in [6.07, 6.45) is 21.4. The van der Waals surface area contributed by atoms with Crippen molar-refractivity contribution in [3.8, 4) is 0 Å². The molecule has 6 heteroatoms. The second kappa shape index (κ2) is 22.8. The van der Waals surface area contributed by atoms with Gasteiger partial charge in [-0.15, -0.1) is 0 Å². The highest BCUT2D eigenvalue weighted by Gasteiger charge is 2.22. The fraction of sp³-hybridized carbons (Fsp3) is 0.710. The SMILES string of the molecule is CCCCCCCCCCCCCCCCCCC(=O)N[C@H](C(=O)NCCCC(=O)O)c1ccccc1. The van der Waals surface area contributed by atoms with Gasteiger partial charge in [0.25, 0.3) is 0 Å². The van der Waals surface area contributed by atoms with Crippen molar-refractivity contribution in [2.45, 2.75) is 135 Å². The fourth-order valence-corrected chi connectivity index (χ4v) is 4.57. The molecule has 0 heterocycles. The third-order valence-electron chi connectivity index (χ3n) is 6.82. The van der Waals surface area contributed by atoms with Crippen LogP contribution in [0.4, 0.5) is 0 Å². The number of hydrogen-bond donors (Lipinski definition) is 3. The second-order valence-electron chi connectivity index (χ2n) is 10.3. The molecule has 0 bridgehead atoms. The van der Waals surface area contributed by atoms with Crippen molar-refractivity contribution in [1.29, 1.82) is 0 Å². The largest absolute Gasteiger partial charge is 0.481 e. The Morgan fingerprint density at radius 2 is 1.16 bits per heavy atom. The molecule has 0 saturated carbocycles. The summed E-state index contributed by atoms with van der Waals surface area (Å²) in [4.78, 5) is 35.9. The van der Waals surface area contributed by atoms with Crippen LogP contribution in [0.3, 0.4) is 0 Å². The molecule has 1 aromatic carbocycles. The van der Waals surface area contributed by atoms with Crippen LogP contribution in [0.25, 0.3) is 0 Å². The van der Waals surface area contributed by atoms with E-state index in [0.717, 1.165) is 24.8 Å². The topological polar surface area (TPSA) is 95.5 Å². The first-order valence-electron chi connectivity index (χ1n) is 14.9. The summed E-state index contributed by atoms with van der Waals surface area (Å²) in [7, 11) is 0. The molecule has 210 valence electrons. The normalized spacial score (nSPS) is 11.7.